The van der Waals surface area contributed by atoms with E-state index in [9.17, 15) is 18.8 Å². The van der Waals surface area contributed by atoms with Crippen LogP contribution in [0.25, 0.3) is 10.9 Å². The molecule has 3 amide bonds. The number of piperidine rings is 2. The zero-order valence-corrected chi connectivity index (χ0v) is 36.0. The predicted molar refractivity (Wildman–Crippen MR) is 230 cm³/mol. The van der Waals surface area contributed by atoms with Gasteiger partial charge in [0.05, 0.1) is 25.3 Å². The molecule has 4 heterocycles. The molecule has 0 bridgehead atoms. The number of amides is 3. The van der Waals surface area contributed by atoms with E-state index in [1.54, 1.807) is 13.2 Å². The highest BCUT2D eigenvalue weighted by atomic mass is 79.9. The Morgan fingerprint density at radius 2 is 1.68 bits per heavy atom. The first-order valence-electron chi connectivity index (χ1n) is 21.3. The van der Waals surface area contributed by atoms with Crippen molar-refractivity contribution in [2.24, 2.45) is 0 Å². The molecule has 3 aliphatic heterocycles. The molecule has 11 nitrogen and oxygen atoms in total. The standard InChI is InChI=1S/C46H56BrFN6O5/c1-29(32-13-12-14-33(47)23-32)49-44-37-26-41(58-3)42(27-39(37)50-30(2)51-44)59-22-11-9-7-5-4-6-8-10-19-53-20-17-31(18-21-53)35-24-34(48)25-36-38(35)28-54(46(36)57)40-15-16-43(55)52-45(40)56/h12-14,23-27,29,31,40H,4-11,15-22,28H2,1-3H3,(H,49,50,51)(H,52,55,56)/t29-,40?/m1/s1. The van der Waals surface area contributed by atoms with Crippen molar-refractivity contribution in [2.75, 3.05) is 38.7 Å². The van der Waals surface area contributed by atoms with Gasteiger partial charge in [-0.05, 0) is 119 Å². The summed E-state index contributed by atoms with van der Waals surface area (Å²) < 4.78 is 27.8. The van der Waals surface area contributed by atoms with Gasteiger partial charge in [-0.3, -0.25) is 19.7 Å². The molecule has 3 aliphatic rings. The van der Waals surface area contributed by atoms with E-state index in [0.717, 1.165) is 83.2 Å². The molecule has 0 spiro atoms. The molecule has 7 rings (SSSR count). The fourth-order valence-electron chi connectivity index (χ4n) is 8.86. The van der Waals surface area contributed by atoms with Gasteiger partial charge in [0.15, 0.2) is 11.5 Å². The van der Waals surface area contributed by atoms with Gasteiger partial charge in [0.25, 0.3) is 5.91 Å². The minimum Gasteiger partial charge on any atom is -0.493 e. The van der Waals surface area contributed by atoms with E-state index in [-0.39, 0.29) is 36.7 Å². The quantitative estimate of drug-likeness (QED) is 0.0744. The molecule has 3 aromatic carbocycles. The minimum absolute atomic E-state index is 0.0414. The lowest BCUT2D eigenvalue weighted by Crippen LogP contribution is -2.52. The smallest absolute Gasteiger partial charge is 0.255 e. The van der Waals surface area contributed by atoms with Gasteiger partial charge < -0.3 is 24.6 Å². The molecule has 0 saturated carbocycles. The number of hydrogen-bond acceptors (Lipinski definition) is 9. The molecule has 0 aliphatic carbocycles. The molecule has 59 heavy (non-hydrogen) atoms. The summed E-state index contributed by atoms with van der Waals surface area (Å²) >= 11 is 3.57. The van der Waals surface area contributed by atoms with Crippen LogP contribution in [0.5, 0.6) is 11.5 Å². The number of aromatic nitrogens is 2. The van der Waals surface area contributed by atoms with Gasteiger partial charge >= 0.3 is 0 Å². The third-order valence-corrected chi connectivity index (χ3v) is 12.6. The normalized spacial score (nSPS) is 17.9. The van der Waals surface area contributed by atoms with Crippen LogP contribution in [0.3, 0.4) is 0 Å². The maximum Gasteiger partial charge on any atom is 0.255 e. The second-order valence-corrected chi connectivity index (χ2v) is 17.2. The van der Waals surface area contributed by atoms with E-state index in [0.29, 0.717) is 35.9 Å². The Balaban J connectivity index is 0.780. The van der Waals surface area contributed by atoms with Crippen LogP contribution in [0, 0.1) is 12.7 Å². The van der Waals surface area contributed by atoms with Crippen LogP contribution in [-0.2, 0) is 16.1 Å². The Morgan fingerprint density at radius 3 is 2.41 bits per heavy atom. The molecule has 314 valence electrons. The fourth-order valence-corrected chi connectivity index (χ4v) is 9.28. The number of rotatable bonds is 18. The van der Waals surface area contributed by atoms with Crippen LogP contribution >= 0.6 is 15.9 Å². The van der Waals surface area contributed by atoms with Gasteiger partial charge in [0.2, 0.25) is 11.8 Å². The van der Waals surface area contributed by atoms with E-state index in [1.807, 2.05) is 31.2 Å². The summed E-state index contributed by atoms with van der Waals surface area (Å²) in [7, 11) is 1.66. The number of nitrogens with one attached hydrogen (secondary N) is 2. The lowest BCUT2D eigenvalue weighted by atomic mass is 9.85. The summed E-state index contributed by atoms with van der Waals surface area (Å²) in [5, 5.41) is 6.80. The average molecular weight is 872 g/mol. The number of halogens is 2. The summed E-state index contributed by atoms with van der Waals surface area (Å²) in [5.41, 5.74) is 4.07. The highest BCUT2D eigenvalue weighted by molar-refractivity contribution is 9.10. The number of benzene rings is 3. The first-order valence-corrected chi connectivity index (χ1v) is 22.1. The van der Waals surface area contributed by atoms with Gasteiger partial charge in [0.1, 0.15) is 23.5 Å². The Bertz CT molecular complexity index is 2160. The van der Waals surface area contributed by atoms with Crippen molar-refractivity contribution in [3.8, 4) is 11.5 Å². The third-order valence-electron chi connectivity index (χ3n) is 12.1. The van der Waals surface area contributed by atoms with Crippen molar-refractivity contribution in [3.05, 3.63) is 86.9 Å². The maximum absolute atomic E-state index is 14.8. The number of imide groups is 1. The summed E-state index contributed by atoms with van der Waals surface area (Å²) in [6, 6.07) is 14.4. The topological polar surface area (TPSA) is 126 Å². The van der Waals surface area contributed by atoms with Crippen LogP contribution in [0.2, 0.25) is 0 Å². The Morgan fingerprint density at radius 1 is 0.932 bits per heavy atom. The van der Waals surface area contributed by atoms with Crippen molar-refractivity contribution in [2.45, 2.75) is 115 Å². The van der Waals surface area contributed by atoms with E-state index in [2.05, 4.69) is 50.5 Å². The number of nitrogens with zero attached hydrogens (tertiary/aromatic N) is 4. The number of fused-ring (bicyclic) bond motifs is 2. The Kier molecular flexibility index (Phi) is 14.1. The third kappa shape index (κ3) is 10.4. The number of ether oxygens (including phenoxy) is 2. The number of aryl methyl sites for hydroxylation is 1. The largest absolute Gasteiger partial charge is 0.493 e. The molecular weight excluding hydrogens is 815 g/mol. The highest BCUT2D eigenvalue weighted by Crippen LogP contribution is 2.39. The van der Waals surface area contributed by atoms with Crippen molar-refractivity contribution < 1.29 is 28.2 Å². The number of carbonyl (C=O) groups is 3. The maximum atomic E-state index is 14.8. The van der Waals surface area contributed by atoms with Crippen molar-refractivity contribution in [1.29, 1.82) is 0 Å². The number of unbranched alkanes of at least 4 members (excludes halogenated alkanes) is 7. The summed E-state index contributed by atoms with van der Waals surface area (Å²) in [6.07, 6.45) is 11.7. The first-order chi connectivity index (χ1) is 28.6. The average Bonchev–Trinajstić information content (AvgIpc) is 3.54. The van der Waals surface area contributed by atoms with Gasteiger partial charge in [-0.1, -0.05) is 66.6 Å². The predicted octanol–water partition coefficient (Wildman–Crippen LogP) is 9.16. The number of anilines is 1. The van der Waals surface area contributed by atoms with Crippen LogP contribution < -0.4 is 20.1 Å². The van der Waals surface area contributed by atoms with Crippen LogP contribution in [0.4, 0.5) is 10.2 Å². The van der Waals surface area contributed by atoms with Crippen molar-refractivity contribution in [1.82, 2.24) is 25.1 Å². The molecule has 1 unspecified atom stereocenters. The van der Waals surface area contributed by atoms with Gasteiger partial charge in [0, 0.05) is 34.5 Å². The van der Waals surface area contributed by atoms with Gasteiger partial charge in [-0.2, -0.15) is 0 Å². The number of likely N-dealkylation sites (tertiary alicyclic amines) is 1. The van der Waals surface area contributed by atoms with Crippen LogP contribution in [-0.4, -0.2) is 76.9 Å². The highest BCUT2D eigenvalue weighted by Gasteiger charge is 2.41. The molecule has 4 aromatic rings. The first kappa shape index (κ1) is 42.5. The monoisotopic (exact) mass is 870 g/mol. The van der Waals surface area contributed by atoms with Crippen LogP contribution in [0.15, 0.2) is 53.0 Å². The van der Waals surface area contributed by atoms with Crippen molar-refractivity contribution >= 4 is 50.4 Å². The fraction of sp³-hybridized carbons (Fsp3) is 0.500. The molecule has 13 heteroatoms. The van der Waals surface area contributed by atoms with Gasteiger partial charge in [-0.15, -0.1) is 0 Å². The molecule has 2 N–H and O–H groups in total. The second-order valence-electron chi connectivity index (χ2n) is 16.3. The number of carbonyl (C=O) groups excluding carboxylic acids is 3. The zero-order chi connectivity index (χ0) is 41.5. The molecule has 1 aromatic heterocycles. The minimum atomic E-state index is -0.699. The Hall–Kier alpha value is -4.62. The summed E-state index contributed by atoms with van der Waals surface area (Å²) in [4.78, 5) is 50.9. The number of methoxy groups -OCH3 is 1. The molecule has 2 atom stereocenters. The van der Waals surface area contributed by atoms with Gasteiger partial charge in [-0.25, -0.2) is 14.4 Å². The van der Waals surface area contributed by atoms with Crippen LogP contribution in [0.1, 0.15) is 129 Å². The van der Waals surface area contributed by atoms with E-state index < -0.39 is 17.8 Å². The summed E-state index contributed by atoms with van der Waals surface area (Å²) in [5.74, 6) is 1.49. The lowest BCUT2D eigenvalue weighted by Gasteiger charge is -2.33. The van der Waals surface area contributed by atoms with E-state index >= 15 is 0 Å². The Labute approximate surface area is 355 Å². The summed E-state index contributed by atoms with van der Waals surface area (Å²) in [6.45, 7) is 7.89. The molecule has 0 radical (unpaired) electrons. The van der Waals surface area contributed by atoms with E-state index in [4.69, 9.17) is 19.4 Å². The van der Waals surface area contributed by atoms with Crippen molar-refractivity contribution in [3.63, 3.8) is 0 Å². The van der Waals surface area contributed by atoms with E-state index in [1.165, 1.54) is 49.5 Å². The molecule has 2 fully saturated rings. The second kappa shape index (κ2) is 19.6. The molecular formula is C46H56BrFN6O5. The zero-order valence-electron chi connectivity index (χ0n) is 34.5. The lowest BCUT2D eigenvalue weighted by molar-refractivity contribution is -0.136. The molecule has 2 saturated heterocycles. The number of hydrogen-bond donors (Lipinski definition) is 2. The SMILES string of the molecule is COc1cc2c(N[C@H](C)c3cccc(Br)c3)nc(C)nc2cc1OCCCCCCCCCCN1CCC(c2cc(F)cc3c2CN(C2CCC(=O)NC2=O)C3=O)CC1.